The predicted molar refractivity (Wildman–Crippen MR) is 90.2 cm³/mol. The minimum atomic E-state index is -0.698. The van der Waals surface area contributed by atoms with Crippen LogP contribution >= 0.6 is 0 Å². The Hall–Kier alpha value is -3.02. The first-order valence-electron chi connectivity index (χ1n) is 7.45. The van der Waals surface area contributed by atoms with Gasteiger partial charge in [-0.1, -0.05) is 35.9 Å². The molecule has 1 aromatic heterocycles. The maximum atomic E-state index is 13.7. The van der Waals surface area contributed by atoms with Crippen LogP contribution in [0.15, 0.2) is 54.7 Å². The molecule has 2 aromatic carbocycles. The van der Waals surface area contributed by atoms with E-state index in [0.29, 0.717) is 12.4 Å². The number of para-hydroxylation sites is 1. The van der Waals surface area contributed by atoms with Crippen LogP contribution < -0.4 is 10.6 Å². The lowest BCUT2D eigenvalue weighted by Gasteiger charge is -2.10. The fourth-order valence-corrected chi connectivity index (χ4v) is 2.14. The minimum absolute atomic E-state index is 0.118. The summed E-state index contributed by atoms with van der Waals surface area (Å²) in [4.78, 5) is 8.20. The number of nitrogens with zero attached hydrogens (tertiary/aromatic N) is 2. The van der Waals surface area contributed by atoms with Gasteiger partial charge in [0.1, 0.15) is 23.1 Å². The number of benzene rings is 2. The molecule has 0 aliphatic rings. The zero-order chi connectivity index (χ0) is 16.9. The lowest BCUT2D eigenvalue weighted by atomic mass is 10.1. The fourth-order valence-electron chi connectivity index (χ4n) is 2.14. The summed E-state index contributed by atoms with van der Waals surface area (Å²) in [6.45, 7) is 2.62. The summed E-state index contributed by atoms with van der Waals surface area (Å²) < 4.78 is 27.3. The largest absolute Gasteiger partial charge is 0.366 e. The zero-order valence-corrected chi connectivity index (χ0v) is 13.1. The van der Waals surface area contributed by atoms with Gasteiger partial charge in [-0.3, -0.25) is 0 Å². The second-order valence-corrected chi connectivity index (χ2v) is 5.33. The number of rotatable bonds is 5. The van der Waals surface area contributed by atoms with Gasteiger partial charge >= 0.3 is 0 Å². The van der Waals surface area contributed by atoms with Crippen molar-refractivity contribution in [1.29, 1.82) is 0 Å². The third kappa shape index (κ3) is 3.84. The normalized spacial score (nSPS) is 10.5. The Bertz CT molecular complexity index is 814. The standard InChI is InChI=1S/C18H16F2N4/c1-12-5-7-13(8-6-12)11-22-16-9-10-21-18(23-16)24-17-14(19)3-2-4-15(17)20/h2-10H,11H2,1H3,(H2,21,22,23,24). The summed E-state index contributed by atoms with van der Waals surface area (Å²) in [5.74, 6) is -0.717. The second-order valence-electron chi connectivity index (χ2n) is 5.33. The van der Waals surface area contributed by atoms with Crippen molar-refractivity contribution in [3.05, 3.63) is 77.5 Å². The molecule has 122 valence electrons. The molecule has 3 aromatic rings. The summed E-state index contributed by atoms with van der Waals surface area (Å²) in [5, 5.41) is 5.73. The highest BCUT2D eigenvalue weighted by molar-refractivity contribution is 5.56. The van der Waals surface area contributed by atoms with Crippen LogP contribution in [0.3, 0.4) is 0 Å². The van der Waals surface area contributed by atoms with Gasteiger partial charge < -0.3 is 10.6 Å². The van der Waals surface area contributed by atoms with Crippen LogP contribution in [-0.4, -0.2) is 9.97 Å². The van der Waals surface area contributed by atoms with Gasteiger partial charge in [0.25, 0.3) is 0 Å². The van der Waals surface area contributed by atoms with Crippen LogP contribution in [0.4, 0.5) is 26.2 Å². The van der Waals surface area contributed by atoms with Crippen molar-refractivity contribution in [2.75, 3.05) is 10.6 Å². The first-order chi connectivity index (χ1) is 11.6. The van der Waals surface area contributed by atoms with E-state index >= 15 is 0 Å². The van der Waals surface area contributed by atoms with Gasteiger partial charge in [0.15, 0.2) is 0 Å². The van der Waals surface area contributed by atoms with Crippen LogP contribution in [-0.2, 0) is 6.54 Å². The van der Waals surface area contributed by atoms with E-state index in [2.05, 4.69) is 20.6 Å². The number of anilines is 3. The van der Waals surface area contributed by atoms with Gasteiger partial charge in [-0.25, -0.2) is 13.8 Å². The highest BCUT2D eigenvalue weighted by Gasteiger charge is 2.10. The summed E-state index contributed by atoms with van der Waals surface area (Å²) >= 11 is 0. The van der Waals surface area contributed by atoms with E-state index in [-0.39, 0.29) is 11.6 Å². The Kier molecular flexibility index (Phi) is 4.65. The fraction of sp³-hybridized carbons (Fsp3) is 0.111. The first kappa shape index (κ1) is 15.9. The summed E-state index contributed by atoms with van der Waals surface area (Å²) in [7, 11) is 0. The molecule has 1 heterocycles. The Balaban J connectivity index is 1.71. The van der Waals surface area contributed by atoms with Gasteiger partial charge in [0.2, 0.25) is 5.95 Å². The maximum Gasteiger partial charge on any atom is 0.229 e. The molecule has 24 heavy (non-hydrogen) atoms. The van der Waals surface area contributed by atoms with Crippen molar-refractivity contribution in [2.24, 2.45) is 0 Å². The van der Waals surface area contributed by atoms with Gasteiger partial charge in [-0.15, -0.1) is 0 Å². The summed E-state index contributed by atoms with van der Waals surface area (Å²) in [5.41, 5.74) is 2.03. The molecule has 0 fully saturated rings. The zero-order valence-electron chi connectivity index (χ0n) is 13.1. The molecule has 4 nitrogen and oxygen atoms in total. The molecule has 0 spiro atoms. The number of aryl methyl sites for hydroxylation is 1. The Morgan fingerprint density at radius 2 is 1.67 bits per heavy atom. The average Bonchev–Trinajstić information content (AvgIpc) is 2.58. The van der Waals surface area contributed by atoms with E-state index in [4.69, 9.17) is 0 Å². The van der Waals surface area contributed by atoms with E-state index < -0.39 is 11.6 Å². The van der Waals surface area contributed by atoms with Crippen LogP contribution in [0.25, 0.3) is 0 Å². The summed E-state index contributed by atoms with van der Waals surface area (Å²) in [6, 6.07) is 13.5. The predicted octanol–water partition coefficient (Wildman–Crippen LogP) is 4.42. The van der Waals surface area contributed by atoms with Gasteiger partial charge in [0, 0.05) is 12.7 Å². The molecule has 2 N–H and O–H groups in total. The third-order valence-electron chi connectivity index (χ3n) is 3.45. The van der Waals surface area contributed by atoms with E-state index in [1.165, 1.54) is 30.0 Å². The second kappa shape index (κ2) is 7.04. The van der Waals surface area contributed by atoms with Crippen LogP contribution in [0.5, 0.6) is 0 Å². The quantitative estimate of drug-likeness (QED) is 0.729. The molecule has 0 saturated heterocycles. The monoisotopic (exact) mass is 326 g/mol. The van der Waals surface area contributed by atoms with Crippen molar-refractivity contribution in [3.8, 4) is 0 Å². The van der Waals surface area contributed by atoms with Crippen LogP contribution in [0.1, 0.15) is 11.1 Å². The Morgan fingerprint density at radius 1 is 0.958 bits per heavy atom. The van der Waals surface area contributed by atoms with Gasteiger partial charge in [-0.05, 0) is 30.7 Å². The molecule has 0 atom stereocenters. The van der Waals surface area contributed by atoms with E-state index in [0.717, 1.165) is 5.56 Å². The van der Waals surface area contributed by atoms with Crippen molar-refractivity contribution >= 4 is 17.5 Å². The molecule has 0 aliphatic carbocycles. The van der Waals surface area contributed by atoms with Crippen LogP contribution in [0, 0.1) is 18.6 Å². The average molecular weight is 326 g/mol. The minimum Gasteiger partial charge on any atom is -0.366 e. The Morgan fingerprint density at radius 3 is 2.38 bits per heavy atom. The number of nitrogens with one attached hydrogen (secondary N) is 2. The summed E-state index contributed by atoms with van der Waals surface area (Å²) in [6.07, 6.45) is 1.52. The molecule has 0 unspecified atom stereocenters. The highest BCUT2D eigenvalue weighted by atomic mass is 19.1. The number of aromatic nitrogens is 2. The lowest BCUT2D eigenvalue weighted by molar-refractivity contribution is 0.590. The Labute approximate surface area is 138 Å². The molecule has 0 bridgehead atoms. The van der Waals surface area contributed by atoms with E-state index in [1.807, 2.05) is 31.2 Å². The first-order valence-corrected chi connectivity index (χ1v) is 7.45. The highest BCUT2D eigenvalue weighted by Crippen LogP contribution is 2.21. The van der Waals surface area contributed by atoms with Crippen LogP contribution in [0.2, 0.25) is 0 Å². The molecule has 0 aliphatic heterocycles. The van der Waals surface area contributed by atoms with Crippen molar-refractivity contribution in [2.45, 2.75) is 13.5 Å². The molecular weight excluding hydrogens is 310 g/mol. The van der Waals surface area contributed by atoms with Gasteiger partial charge in [0.05, 0.1) is 0 Å². The van der Waals surface area contributed by atoms with E-state index in [1.54, 1.807) is 6.07 Å². The molecule has 3 rings (SSSR count). The maximum absolute atomic E-state index is 13.7. The SMILES string of the molecule is Cc1ccc(CNc2ccnc(Nc3c(F)cccc3F)n2)cc1. The van der Waals surface area contributed by atoms with Crippen molar-refractivity contribution in [3.63, 3.8) is 0 Å². The molecule has 0 radical (unpaired) electrons. The third-order valence-corrected chi connectivity index (χ3v) is 3.45. The smallest absolute Gasteiger partial charge is 0.229 e. The molecule has 0 saturated carbocycles. The van der Waals surface area contributed by atoms with Crippen molar-refractivity contribution in [1.82, 2.24) is 9.97 Å². The number of halogens is 2. The molecular formula is C18H16F2N4. The number of hydrogen-bond donors (Lipinski definition) is 2. The molecule has 0 amide bonds. The molecule has 6 heteroatoms. The van der Waals surface area contributed by atoms with E-state index in [9.17, 15) is 8.78 Å². The van der Waals surface area contributed by atoms with Gasteiger partial charge in [-0.2, -0.15) is 4.98 Å². The topological polar surface area (TPSA) is 49.8 Å². The van der Waals surface area contributed by atoms with Crippen molar-refractivity contribution < 1.29 is 8.78 Å². The number of hydrogen-bond acceptors (Lipinski definition) is 4. The lowest BCUT2D eigenvalue weighted by Crippen LogP contribution is -2.05.